The fraction of sp³-hybridized carbons (Fsp3) is 0. The van der Waals surface area contributed by atoms with E-state index in [-0.39, 0.29) is 0 Å². The van der Waals surface area contributed by atoms with Gasteiger partial charge in [-0.2, -0.15) is 5.10 Å². The van der Waals surface area contributed by atoms with Gasteiger partial charge in [-0.05, 0) is 50.9 Å². The van der Waals surface area contributed by atoms with Crippen molar-refractivity contribution in [3.05, 3.63) is 225 Å². The van der Waals surface area contributed by atoms with Gasteiger partial charge >= 0.3 is 0 Å². The molecule has 0 fully saturated rings. The minimum Gasteiger partial charge on any atom is -0.231 e. The molecule has 0 spiro atoms. The zero-order valence-electron chi connectivity index (χ0n) is 33.1. The van der Waals surface area contributed by atoms with E-state index in [1.165, 1.54) is 5.39 Å². The van der Waals surface area contributed by atoms with Gasteiger partial charge < -0.3 is 0 Å². The van der Waals surface area contributed by atoms with Gasteiger partial charge in [-0.25, -0.2) is 19.5 Å². The van der Waals surface area contributed by atoms with Crippen molar-refractivity contribution in [2.24, 2.45) is 0 Å². The van der Waals surface area contributed by atoms with E-state index in [4.69, 9.17) is 20.1 Å². The Morgan fingerprint density at radius 1 is 0.295 bits per heavy atom. The van der Waals surface area contributed by atoms with Crippen LogP contribution in [0.2, 0.25) is 0 Å². The molecular formula is C56H37N5. The summed E-state index contributed by atoms with van der Waals surface area (Å²) >= 11 is 0. The van der Waals surface area contributed by atoms with Gasteiger partial charge in [0.1, 0.15) is 0 Å². The molecule has 0 N–H and O–H groups in total. The van der Waals surface area contributed by atoms with E-state index in [0.29, 0.717) is 17.5 Å². The highest BCUT2D eigenvalue weighted by Gasteiger charge is 2.22. The van der Waals surface area contributed by atoms with Crippen molar-refractivity contribution >= 4 is 16.3 Å². The van der Waals surface area contributed by atoms with Crippen LogP contribution in [0, 0.1) is 0 Å². The molecule has 3 heterocycles. The zero-order valence-corrected chi connectivity index (χ0v) is 33.1. The van der Waals surface area contributed by atoms with Gasteiger partial charge in [-0.15, -0.1) is 0 Å². The quantitative estimate of drug-likeness (QED) is 0.154. The number of hydrogen-bond acceptors (Lipinski definition) is 4. The maximum Gasteiger partial charge on any atom is 0.164 e. The maximum atomic E-state index is 5.11. The Labute approximate surface area is 354 Å². The standard InChI is InChI=1S/C56H37N5/c1-5-17-38(18-6-1)44-25-15-27-46(35-44)55-58-54(43-23-11-4-12-24-43)59-56(60-55)47-28-16-26-45(36-47)39-31-33-41(34-32-39)51-48-29-13-14-30-49(48)53-50(40-19-7-2-8-20-40)37-57-61(53)52(51)42-21-9-3-10-22-42/h1-37H. The van der Waals surface area contributed by atoms with Crippen LogP contribution in [-0.2, 0) is 0 Å². The second kappa shape index (κ2) is 15.5. The van der Waals surface area contributed by atoms with Gasteiger partial charge in [0, 0.05) is 38.8 Å². The normalized spacial score (nSPS) is 11.3. The van der Waals surface area contributed by atoms with Crippen molar-refractivity contribution in [1.29, 1.82) is 0 Å². The maximum absolute atomic E-state index is 5.11. The van der Waals surface area contributed by atoms with Gasteiger partial charge in [-0.1, -0.05) is 206 Å². The summed E-state index contributed by atoms with van der Waals surface area (Å²) in [6.07, 6.45) is 2.00. The highest BCUT2D eigenvalue weighted by atomic mass is 15.2. The van der Waals surface area contributed by atoms with Gasteiger partial charge in [-0.3, -0.25) is 0 Å². The lowest BCUT2D eigenvalue weighted by Gasteiger charge is -2.18. The lowest BCUT2D eigenvalue weighted by atomic mass is 9.91. The largest absolute Gasteiger partial charge is 0.231 e. The summed E-state index contributed by atoms with van der Waals surface area (Å²) in [4.78, 5) is 15.2. The Bertz CT molecular complexity index is 3330. The van der Waals surface area contributed by atoms with E-state index < -0.39 is 0 Å². The van der Waals surface area contributed by atoms with Gasteiger partial charge in [0.05, 0.1) is 17.4 Å². The highest BCUT2D eigenvalue weighted by molar-refractivity contribution is 6.13. The summed E-state index contributed by atoms with van der Waals surface area (Å²) in [5.74, 6) is 1.88. The molecule has 61 heavy (non-hydrogen) atoms. The molecule has 0 aliphatic rings. The van der Waals surface area contributed by atoms with Crippen molar-refractivity contribution < 1.29 is 0 Å². The average Bonchev–Trinajstić information content (AvgIpc) is 3.80. The molecule has 11 aromatic rings. The zero-order chi connectivity index (χ0) is 40.5. The fourth-order valence-electron chi connectivity index (χ4n) is 8.39. The molecule has 0 radical (unpaired) electrons. The molecule has 0 amide bonds. The number of pyridine rings is 1. The number of nitrogens with zero attached hydrogens (tertiary/aromatic N) is 5. The van der Waals surface area contributed by atoms with E-state index in [0.717, 1.165) is 83.4 Å². The first kappa shape index (κ1) is 35.8. The second-order valence-electron chi connectivity index (χ2n) is 15.1. The number of fused-ring (bicyclic) bond motifs is 3. The Morgan fingerprint density at radius 2 is 0.705 bits per heavy atom. The molecule has 5 heteroatoms. The Balaban J connectivity index is 1.02. The summed E-state index contributed by atoms with van der Waals surface area (Å²) in [6, 6.07) is 76.1. The van der Waals surface area contributed by atoms with Crippen LogP contribution in [0.3, 0.4) is 0 Å². The Morgan fingerprint density at radius 3 is 1.28 bits per heavy atom. The van der Waals surface area contributed by atoms with Crippen LogP contribution in [-0.4, -0.2) is 24.6 Å². The third-order valence-corrected chi connectivity index (χ3v) is 11.3. The van der Waals surface area contributed by atoms with E-state index in [2.05, 4.69) is 187 Å². The molecule has 0 aliphatic heterocycles. The topological polar surface area (TPSA) is 56.0 Å². The molecule has 0 saturated heterocycles. The number of aromatic nitrogens is 5. The summed E-state index contributed by atoms with van der Waals surface area (Å²) in [5, 5.41) is 7.41. The summed E-state index contributed by atoms with van der Waals surface area (Å²) in [7, 11) is 0. The van der Waals surface area contributed by atoms with Crippen LogP contribution < -0.4 is 0 Å². The highest BCUT2D eigenvalue weighted by Crippen LogP contribution is 2.43. The van der Waals surface area contributed by atoms with E-state index in [1.807, 2.05) is 42.6 Å². The van der Waals surface area contributed by atoms with Crippen LogP contribution >= 0.6 is 0 Å². The lowest BCUT2D eigenvalue weighted by Crippen LogP contribution is -2.00. The predicted molar refractivity (Wildman–Crippen MR) is 250 cm³/mol. The molecule has 0 aliphatic carbocycles. The summed E-state index contributed by atoms with van der Waals surface area (Å²) < 4.78 is 2.14. The smallest absolute Gasteiger partial charge is 0.164 e. The summed E-state index contributed by atoms with van der Waals surface area (Å²) in [6.45, 7) is 0. The molecule has 8 aromatic carbocycles. The minimum atomic E-state index is 0.619. The summed E-state index contributed by atoms with van der Waals surface area (Å²) in [5.41, 5.74) is 15.0. The van der Waals surface area contributed by atoms with Crippen LogP contribution in [0.1, 0.15) is 0 Å². The molecule has 0 saturated carbocycles. The number of benzene rings is 8. The Hall–Kier alpha value is -8.28. The molecule has 11 rings (SSSR count). The van der Waals surface area contributed by atoms with Gasteiger partial charge in [0.2, 0.25) is 0 Å². The van der Waals surface area contributed by atoms with Crippen LogP contribution in [0.15, 0.2) is 225 Å². The van der Waals surface area contributed by atoms with Gasteiger partial charge in [0.15, 0.2) is 17.5 Å². The molecule has 286 valence electrons. The van der Waals surface area contributed by atoms with Gasteiger partial charge in [0.25, 0.3) is 0 Å². The van der Waals surface area contributed by atoms with Crippen molar-refractivity contribution in [3.63, 3.8) is 0 Å². The van der Waals surface area contributed by atoms with E-state index in [1.54, 1.807) is 0 Å². The van der Waals surface area contributed by atoms with E-state index in [9.17, 15) is 0 Å². The minimum absolute atomic E-state index is 0.619. The first-order valence-electron chi connectivity index (χ1n) is 20.5. The van der Waals surface area contributed by atoms with Crippen molar-refractivity contribution in [3.8, 4) is 89.9 Å². The Kier molecular flexibility index (Phi) is 9.10. The molecule has 0 bridgehead atoms. The second-order valence-corrected chi connectivity index (χ2v) is 15.1. The molecule has 0 unspecified atom stereocenters. The molecular weight excluding hydrogens is 743 g/mol. The first-order chi connectivity index (χ1) is 30.2. The fourth-order valence-corrected chi connectivity index (χ4v) is 8.39. The third kappa shape index (κ3) is 6.74. The third-order valence-electron chi connectivity index (χ3n) is 11.3. The van der Waals surface area contributed by atoms with E-state index >= 15 is 0 Å². The first-order valence-corrected chi connectivity index (χ1v) is 20.5. The van der Waals surface area contributed by atoms with Crippen LogP contribution in [0.5, 0.6) is 0 Å². The molecule has 5 nitrogen and oxygen atoms in total. The van der Waals surface area contributed by atoms with Crippen molar-refractivity contribution in [2.45, 2.75) is 0 Å². The molecule has 0 atom stereocenters. The van der Waals surface area contributed by atoms with Crippen molar-refractivity contribution in [2.75, 3.05) is 0 Å². The number of rotatable bonds is 8. The monoisotopic (exact) mass is 779 g/mol. The lowest BCUT2D eigenvalue weighted by molar-refractivity contribution is 0.976. The van der Waals surface area contributed by atoms with Crippen LogP contribution in [0.25, 0.3) is 106 Å². The molecule has 3 aromatic heterocycles. The predicted octanol–water partition coefficient (Wildman–Crippen LogP) is 14.0. The van der Waals surface area contributed by atoms with Crippen molar-refractivity contribution in [1.82, 2.24) is 24.6 Å². The van der Waals surface area contributed by atoms with Crippen LogP contribution in [0.4, 0.5) is 0 Å². The average molecular weight is 780 g/mol. The SMILES string of the molecule is c1ccc(-c2cccc(-c3nc(-c4ccccc4)nc(-c4cccc(-c5ccc(-c6c(-c7ccccc7)n7ncc(-c8ccccc8)c7c7ccccc67)cc5)c4)n3)c2)cc1. The number of hydrogen-bond donors (Lipinski definition) is 0.